The predicted molar refractivity (Wildman–Crippen MR) is 88.9 cm³/mol. The summed E-state index contributed by atoms with van der Waals surface area (Å²) >= 11 is 0. The number of para-hydroxylation sites is 1. The van der Waals surface area contributed by atoms with Crippen LogP contribution < -0.4 is 14.9 Å². The van der Waals surface area contributed by atoms with Gasteiger partial charge >= 0.3 is 0 Å². The minimum absolute atomic E-state index is 0.0709. The molecule has 23 heavy (non-hydrogen) atoms. The zero-order chi connectivity index (χ0) is 16.4. The Balaban J connectivity index is 1.70. The highest BCUT2D eigenvalue weighted by atomic mass is 32.2. The second-order valence-corrected chi connectivity index (χ2v) is 7.16. The van der Waals surface area contributed by atoms with Crippen LogP contribution in [0.4, 0.5) is 11.6 Å². The number of nitrogens with two attached hydrogens (primary N) is 1. The average molecular weight is 333 g/mol. The van der Waals surface area contributed by atoms with E-state index >= 15 is 0 Å². The standard InChI is InChI=1S/C15H19N5O2S/c1-19(12-5-3-2-4-6-12)13-7-8-20(11-13)15-17-9-14(10-18-15)23(16,21)22/h2-6,9-10,13H,7-8,11H2,1H3,(H2,16,21,22). The fraction of sp³-hybridized carbons (Fsp3) is 0.333. The fourth-order valence-corrected chi connectivity index (χ4v) is 3.13. The lowest BCUT2D eigenvalue weighted by atomic mass is 10.2. The Morgan fingerprint density at radius 3 is 2.48 bits per heavy atom. The molecule has 1 aliphatic heterocycles. The van der Waals surface area contributed by atoms with Crippen molar-refractivity contribution in [2.45, 2.75) is 17.4 Å². The van der Waals surface area contributed by atoms with Gasteiger partial charge in [0.2, 0.25) is 16.0 Å². The van der Waals surface area contributed by atoms with E-state index in [0.29, 0.717) is 12.0 Å². The molecule has 0 aliphatic carbocycles. The number of hydrogen-bond acceptors (Lipinski definition) is 6. The molecular weight excluding hydrogens is 314 g/mol. The van der Waals surface area contributed by atoms with E-state index in [1.54, 1.807) is 0 Å². The summed E-state index contributed by atoms with van der Waals surface area (Å²) in [5.41, 5.74) is 1.17. The van der Waals surface area contributed by atoms with Gasteiger partial charge < -0.3 is 9.80 Å². The lowest BCUT2D eigenvalue weighted by Gasteiger charge is -2.26. The van der Waals surface area contributed by atoms with Gasteiger partial charge in [0.25, 0.3) is 0 Å². The topological polar surface area (TPSA) is 92.4 Å². The summed E-state index contributed by atoms with van der Waals surface area (Å²) in [6.07, 6.45) is 3.50. The van der Waals surface area contributed by atoms with Gasteiger partial charge in [0, 0.05) is 31.9 Å². The zero-order valence-corrected chi connectivity index (χ0v) is 13.6. The highest BCUT2D eigenvalue weighted by molar-refractivity contribution is 7.89. The number of primary sulfonamides is 1. The van der Waals surface area contributed by atoms with E-state index in [1.807, 2.05) is 18.2 Å². The fourth-order valence-electron chi connectivity index (χ4n) is 2.73. The van der Waals surface area contributed by atoms with Crippen molar-refractivity contribution in [3.05, 3.63) is 42.7 Å². The van der Waals surface area contributed by atoms with Crippen molar-refractivity contribution in [1.82, 2.24) is 9.97 Å². The second kappa shape index (κ2) is 6.13. The van der Waals surface area contributed by atoms with Crippen molar-refractivity contribution in [2.75, 3.05) is 29.9 Å². The van der Waals surface area contributed by atoms with Gasteiger partial charge in [-0.3, -0.25) is 0 Å². The molecule has 0 spiro atoms. The Hall–Kier alpha value is -2.19. The minimum Gasteiger partial charge on any atom is -0.370 e. The molecule has 122 valence electrons. The van der Waals surface area contributed by atoms with Crippen LogP contribution in [-0.4, -0.2) is 44.6 Å². The largest absolute Gasteiger partial charge is 0.370 e. The number of aromatic nitrogens is 2. The van der Waals surface area contributed by atoms with Crippen molar-refractivity contribution in [2.24, 2.45) is 5.14 Å². The molecule has 0 bridgehead atoms. The molecule has 2 aromatic rings. The van der Waals surface area contributed by atoms with Crippen LogP contribution in [0.25, 0.3) is 0 Å². The Kier molecular flexibility index (Phi) is 4.18. The van der Waals surface area contributed by atoms with E-state index < -0.39 is 10.0 Å². The Labute approximate surface area is 135 Å². The number of nitrogens with zero attached hydrogens (tertiary/aromatic N) is 4. The van der Waals surface area contributed by atoms with Gasteiger partial charge in [-0.15, -0.1) is 0 Å². The number of anilines is 2. The Bertz CT molecular complexity index is 764. The molecule has 1 unspecified atom stereocenters. The highest BCUT2D eigenvalue weighted by Gasteiger charge is 2.27. The van der Waals surface area contributed by atoms with E-state index in [1.165, 1.54) is 18.1 Å². The van der Waals surface area contributed by atoms with Crippen LogP contribution in [0.2, 0.25) is 0 Å². The summed E-state index contributed by atoms with van der Waals surface area (Å²) in [5, 5.41) is 5.06. The molecule has 1 aromatic carbocycles. The molecule has 7 nitrogen and oxygen atoms in total. The molecule has 0 saturated carbocycles. The second-order valence-electron chi connectivity index (χ2n) is 5.60. The molecule has 2 heterocycles. The molecule has 1 aliphatic rings. The summed E-state index contributed by atoms with van der Waals surface area (Å²) in [7, 11) is -1.68. The number of rotatable bonds is 4. The SMILES string of the molecule is CN(c1ccccc1)C1CCN(c2ncc(S(N)(=O)=O)cn2)C1. The molecule has 1 saturated heterocycles. The molecule has 1 fully saturated rings. The molecular formula is C15H19N5O2S. The first-order valence-electron chi connectivity index (χ1n) is 7.33. The molecule has 8 heteroatoms. The lowest BCUT2D eigenvalue weighted by Crippen LogP contribution is -2.34. The van der Waals surface area contributed by atoms with Crippen molar-refractivity contribution in [3.63, 3.8) is 0 Å². The van der Waals surface area contributed by atoms with E-state index in [4.69, 9.17) is 5.14 Å². The minimum atomic E-state index is -3.76. The third kappa shape index (κ3) is 3.43. The van der Waals surface area contributed by atoms with Crippen LogP contribution in [0.1, 0.15) is 6.42 Å². The molecule has 1 atom stereocenters. The van der Waals surface area contributed by atoms with Gasteiger partial charge in [-0.25, -0.2) is 23.5 Å². The summed E-state index contributed by atoms with van der Waals surface area (Å²) in [5.74, 6) is 0.529. The maximum absolute atomic E-state index is 11.2. The first kappa shape index (κ1) is 15.7. The van der Waals surface area contributed by atoms with Crippen molar-refractivity contribution in [3.8, 4) is 0 Å². The lowest BCUT2D eigenvalue weighted by molar-refractivity contribution is 0.596. The maximum atomic E-state index is 11.2. The number of benzene rings is 1. The highest BCUT2D eigenvalue weighted by Crippen LogP contribution is 2.23. The van der Waals surface area contributed by atoms with Crippen LogP contribution in [0.15, 0.2) is 47.6 Å². The third-order valence-corrected chi connectivity index (χ3v) is 4.97. The summed E-state index contributed by atoms with van der Waals surface area (Å²) in [4.78, 5) is 12.5. The number of sulfonamides is 1. The molecule has 1 aromatic heterocycles. The average Bonchev–Trinajstić information content (AvgIpc) is 3.04. The first-order chi connectivity index (χ1) is 10.9. The van der Waals surface area contributed by atoms with Crippen LogP contribution in [0.3, 0.4) is 0 Å². The molecule has 0 radical (unpaired) electrons. The van der Waals surface area contributed by atoms with E-state index in [0.717, 1.165) is 19.5 Å². The predicted octanol–water partition coefficient (Wildman–Crippen LogP) is 0.839. The van der Waals surface area contributed by atoms with E-state index in [2.05, 4.69) is 38.9 Å². The number of likely N-dealkylation sites (N-methyl/N-ethyl adjacent to an activating group) is 1. The van der Waals surface area contributed by atoms with Crippen LogP contribution in [0.5, 0.6) is 0 Å². The first-order valence-corrected chi connectivity index (χ1v) is 8.87. The van der Waals surface area contributed by atoms with Crippen molar-refractivity contribution < 1.29 is 8.42 Å². The maximum Gasteiger partial charge on any atom is 0.241 e. The van der Waals surface area contributed by atoms with Gasteiger partial charge in [0.05, 0.1) is 12.4 Å². The zero-order valence-electron chi connectivity index (χ0n) is 12.8. The number of hydrogen-bond donors (Lipinski definition) is 1. The van der Waals surface area contributed by atoms with Crippen molar-refractivity contribution in [1.29, 1.82) is 0 Å². The van der Waals surface area contributed by atoms with E-state index in [-0.39, 0.29) is 4.90 Å². The normalized spacial score (nSPS) is 18.2. The summed E-state index contributed by atoms with van der Waals surface area (Å²) < 4.78 is 22.5. The Morgan fingerprint density at radius 2 is 1.87 bits per heavy atom. The van der Waals surface area contributed by atoms with Crippen LogP contribution in [-0.2, 0) is 10.0 Å². The van der Waals surface area contributed by atoms with Crippen molar-refractivity contribution >= 4 is 21.7 Å². The molecule has 3 rings (SSSR count). The van der Waals surface area contributed by atoms with Gasteiger partial charge in [0.1, 0.15) is 4.90 Å². The Morgan fingerprint density at radius 1 is 1.22 bits per heavy atom. The quantitative estimate of drug-likeness (QED) is 0.891. The van der Waals surface area contributed by atoms with Crippen LogP contribution >= 0.6 is 0 Å². The third-order valence-electron chi connectivity index (χ3n) is 4.10. The van der Waals surface area contributed by atoms with Gasteiger partial charge in [-0.05, 0) is 18.6 Å². The monoisotopic (exact) mass is 333 g/mol. The van der Waals surface area contributed by atoms with Crippen LogP contribution in [0, 0.1) is 0 Å². The van der Waals surface area contributed by atoms with Gasteiger partial charge in [-0.1, -0.05) is 18.2 Å². The van der Waals surface area contributed by atoms with Gasteiger partial charge in [-0.2, -0.15) is 0 Å². The summed E-state index contributed by atoms with van der Waals surface area (Å²) in [6.45, 7) is 1.62. The van der Waals surface area contributed by atoms with Gasteiger partial charge in [0.15, 0.2) is 0 Å². The smallest absolute Gasteiger partial charge is 0.241 e. The van der Waals surface area contributed by atoms with E-state index in [9.17, 15) is 8.42 Å². The summed E-state index contributed by atoms with van der Waals surface area (Å²) in [6, 6.07) is 10.6. The molecule has 0 amide bonds. The molecule has 2 N–H and O–H groups in total.